The quantitative estimate of drug-likeness (QED) is 0.887. The number of rotatable bonds is 6. The average molecular weight is 322 g/mol. The van der Waals surface area contributed by atoms with Crippen LogP contribution in [0, 0.1) is 12.8 Å². The van der Waals surface area contributed by atoms with E-state index in [0.29, 0.717) is 6.54 Å². The maximum absolute atomic E-state index is 5.93. The van der Waals surface area contributed by atoms with Gasteiger partial charge in [0.05, 0.1) is 19.3 Å². The van der Waals surface area contributed by atoms with Crippen molar-refractivity contribution in [2.45, 2.75) is 32.7 Å². The van der Waals surface area contributed by atoms with E-state index < -0.39 is 0 Å². The molecule has 1 aliphatic rings. The van der Waals surface area contributed by atoms with Crippen LogP contribution in [-0.2, 0) is 6.54 Å². The summed E-state index contributed by atoms with van der Waals surface area (Å²) < 4.78 is 7.82. The van der Waals surface area contributed by atoms with Crippen molar-refractivity contribution in [3.63, 3.8) is 0 Å². The number of nitrogens with two attached hydrogens (primary N) is 1. The molecule has 4 nitrogen and oxygen atoms in total. The predicted octanol–water partition coefficient (Wildman–Crippen LogP) is 3.42. The summed E-state index contributed by atoms with van der Waals surface area (Å²) in [6.45, 7) is 4.31. The monoisotopic (exact) mass is 321 g/mol. The molecule has 2 aromatic rings. The highest BCUT2D eigenvalue weighted by Gasteiger charge is 2.18. The van der Waals surface area contributed by atoms with Crippen LogP contribution in [-0.4, -0.2) is 22.9 Å². The number of aryl methyl sites for hydroxylation is 1. The lowest BCUT2D eigenvalue weighted by Gasteiger charge is -2.25. The molecule has 5 heteroatoms. The molecule has 1 fully saturated rings. The van der Waals surface area contributed by atoms with Crippen LogP contribution in [0.3, 0.4) is 0 Å². The Kier molecular flexibility index (Phi) is 5.86. The highest BCUT2D eigenvalue weighted by molar-refractivity contribution is 5.85. The summed E-state index contributed by atoms with van der Waals surface area (Å²) in [5.74, 6) is 1.70. The molecule has 0 atom stereocenters. The largest absolute Gasteiger partial charge is 0.493 e. The van der Waals surface area contributed by atoms with Crippen LogP contribution in [0.2, 0.25) is 0 Å². The molecule has 1 aromatic heterocycles. The van der Waals surface area contributed by atoms with Crippen molar-refractivity contribution in [1.29, 1.82) is 0 Å². The minimum atomic E-state index is 0. The molecule has 0 bridgehead atoms. The Morgan fingerprint density at radius 1 is 1.36 bits per heavy atom. The zero-order chi connectivity index (χ0) is 14.7. The normalized spacial score (nSPS) is 14.3. The van der Waals surface area contributed by atoms with E-state index in [1.54, 1.807) is 0 Å². The van der Waals surface area contributed by atoms with E-state index >= 15 is 0 Å². The van der Waals surface area contributed by atoms with Gasteiger partial charge in [0.2, 0.25) is 0 Å². The van der Waals surface area contributed by atoms with E-state index in [1.807, 2.05) is 17.1 Å². The maximum atomic E-state index is 5.93. The third kappa shape index (κ3) is 3.81. The van der Waals surface area contributed by atoms with Gasteiger partial charge in [-0.2, -0.15) is 5.10 Å². The minimum Gasteiger partial charge on any atom is -0.493 e. The van der Waals surface area contributed by atoms with Crippen molar-refractivity contribution in [3.8, 4) is 16.9 Å². The number of ether oxygens (including phenoxy) is 1. The molecule has 1 aliphatic carbocycles. The molecule has 0 radical (unpaired) electrons. The van der Waals surface area contributed by atoms with Gasteiger partial charge in [0.1, 0.15) is 5.75 Å². The van der Waals surface area contributed by atoms with Crippen molar-refractivity contribution < 1.29 is 4.74 Å². The second-order valence-corrected chi connectivity index (χ2v) is 5.87. The summed E-state index contributed by atoms with van der Waals surface area (Å²) in [5, 5.41) is 4.35. The Morgan fingerprint density at radius 2 is 2.18 bits per heavy atom. The number of hydrogen-bond donors (Lipinski definition) is 1. The van der Waals surface area contributed by atoms with E-state index in [-0.39, 0.29) is 12.4 Å². The Hall–Kier alpha value is -1.52. The van der Waals surface area contributed by atoms with Crippen LogP contribution in [0.25, 0.3) is 11.1 Å². The number of halogens is 1. The van der Waals surface area contributed by atoms with Gasteiger partial charge in [-0.3, -0.25) is 4.68 Å². The van der Waals surface area contributed by atoms with Crippen molar-refractivity contribution >= 4 is 12.4 Å². The van der Waals surface area contributed by atoms with Crippen LogP contribution in [0.15, 0.2) is 30.6 Å². The number of aromatic nitrogens is 2. The zero-order valence-electron chi connectivity index (χ0n) is 13.0. The number of hydrogen-bond acceptors (Lipinski definition) is 3. The molecule has 1 aromatic carbocycles. The van der Waals surface area contributed by atoms with Crippen molar-refractivity contribution in [1.82, 2.24) is 9.78 Å². The zero-order valence-corrected chi connectivity index (χ0v) is 13.8. The Labute approximate surface area is 138 Å². The van der Waals surface area contributed by atoms with E-state index in [4.69, 9.17) is 10.5 Å². The lowest BCUT2D eigenvalue weighted by atomic mass is 9.86. The summed E-state index contributed by atoms with van der Waals surface area (Å²) in [4.78, 5) is 0. The Bertz CT molecular complexity index is 608. The van der Waals surface area contributed by atoms with Gasteiger partial charge in [0, 0.05) is 18.3 Å². The molecule has 1 heterocycles. The molecule has 120 valence electrons. The second kappa shape index (κ2) is 7.65. The molecule has 2 N–H and O–H groups in total. The van der Waals surface area contributed by atoms with Crippen molar-refractivity contribution in [2.75, 3.05) is 13.2 Å². The molecular formula is C17H24ClN3O. The van der Waals surface area contributed by atoms with Gasteiger partial charge >= 0.3 is 0 Å². The lowest BCUT2D eigenvalue weighted by Crippen LogP contribution is -2.19. The van der Waals surface area contributed by atoms with Gasteiger partial charge in [-0.1, -0.05) is 12.5 Å². The van der Waals surface area contributed by atoms with Gasteiger partial charge in [0.15, 0.2) is 0 Å². The number of nitrogens with zero attached hydrogens (tertiary/aromatic N) is 2. The molecule has 3 rings (SSSR count). The molecular weight excluding hydrogens is 298 g/mol. The van der Waals surface area contributed by atoms with Crippen LogP contribution < -0.4 is 10.5 Å². The summed E-state index contributed by atoms with van der Waals surface area (Å²) in [7, 11) is 0. The smallest absolute Gasteiger partial charge is 0.119 e. The third-order valence-corrected chi connectivity index (χ3v) is 4.22. The third-order valence-electron chi connectivity index (χ3n) is 4.22. The molecule has 0 saturated heterocycles. The molecule has 0 aliphatic heterocycles. The predicted molar refractivity (Wildman–Crippen MR) is 91.5 cm³/mol. The summed E-state index contributed by atoms with van der Waals surface area (Å²) in [6.07, 6.45) is 7.92. The molecule has 0 spiro atoms. The molecule has 22 heavy (non-hydrogen) atoms. The lowest BCUT2D eigenvalue weighted by molar-refractivity contribution is 0.180. The van der Waals surface area contributed by atoms with E-state index in [1.165, 1.54) is 30.4 Å². The first-order valence-corrected chi connectivity index (χ1v) is 7.72. The van der Waals surface area contributed by atoms with Crippen LogP contribution >= 0.6 is 12.4 Å². The standard InChI is InChI=1S/C17H23N3O.ClH/c1-13-5-6-16(21-12-14-3-2-4-14)9-17(13)15-10-19-20(11-15)8-7-18;/h5-6,9-11,14H,2-4,7-8,12,18H2,1H3;1H. The van der Waals surface area contributed by atoms with Crippen LogP contribution in [0.1, 0.15) is 24.8 Å². The van der Waals surface area contributed by atoms with Gasteiger partial charge < -0.3 is 10.5 Å². The first-order chi connectivity index (χ1) is 10.3. The van der Waals surface area contributed by atoms with E-state index in [9.17, 15) is 0 Å². The fourth-order valence-electron chi connectivity index (χ4n) is 2.63. The summed E-state index contributed by atoms with van der Waals surface area (Å²) in [6, 6.07) is 6.30. The van der Waals surface area contributed by atoms with Crippen molar-refractivity contribution in [3.05, 3.63) is 36.2 Å². The van der Waals surface area contributed by atoms with Gasteiger partial charge in [-0.05, 0) is 48.9 Å². The summed E-state index contributed by atoms with van der Waals surface area (Å²) >= 11 is 0. The minimum absolute atomic E-state index is 0. The molecule has 0 amide bonds. The molecule has 0 unspecified atom stereocenters. The van der Waals surface area contributed by atoms with Gasteiger partial charge in [0.25, 0.3) is 0 Å². The first kappa shape index (κ1) is 16.8. The fourth-order valence-corrected chi connectivity index (χ4v) is 2.63. The molecule has 1 saturated carbocycles. The average Bonchev–Trinajstić information content (AvgIpc) is 2.88. The van der Waals surface area contributed by atoms with Crippen LogP contribution in [0.4, 0.5) is 0 Å². The fraction of sp³-hybridized carbons (Fsp3) is 0.471. The maximum Gasteiger partial charge on any atom is 0.119 e. The SMILES string of the molecule is Cc1ccc(OCC2CCC2)cc1-c1cnn(CCN)c1.Cl. The Morgan fingerprint density at radius 3 is 2.86 bits per heavy atom. The van der Waals surface area contributed by atoms with E-state index in [0.717, 1.165) is 30.4 Å². The Balaban J connectivity index is 0.00000176. The van der Waals surface area contributed by atoms with E-state index in [2.05, 4.69) is 30.2 Å². The second-order valence-electron chi connectivity index (χ2n) is 5.87. The summed E-state index contributed by atoms with van der Waals surface area (Å²) in [5.41, 5.74) is 9.11. The van der Waals surface area contributed by atoms with Gasteiger partial charge in [-0.25, -0.2) is 0 Å². The topological polar surface area (TPSA) is 53.1 Å². The number of benzene rings is 1. The van der Waals surface area contributed by atoms with Crippen LogP contribution in [0.5, 0.6) is 5.75 Å². The van der Waals surface area contributed by atoms with Crippen molar-refractivity contribution in [2.24, 2.45) is 11.7 Å². The van der Waals surface area contributed by atoms with Gasteiger partial charge in [-0.15, -0.1) is 12.4 Å². The highest BCUT2D eigenvalue weighted by atomic mass is 35.5. The first-order valence-electron chi connectivity index (χ1n) is 7.72. The highest BCUT2D eigenvalue weighted by Crippen LogP contribution is 2.30.